The third-order valence-electron chi connectivity index (χ3n) is 6.82. The summed E-state index contributed by atoms with van der Waals surface area (Å²) in [7, 11) is 8.05. The maximum Gasteiger partial charge on any atom is 0.283 e. The number of halogens is 1. The molecule has 10 nitrogen and oxygen atoms in total. The topological polar surface area (TPSA) is 110 Å². The van der Waals surface area contributed by atoms with Crippen LogP contribution in [0.25, 0.3) is 0 Å². The Morgan fingerprint density at radius 3 is 1.56 bits per heavy atom. The predicted molar refractivity (Wildman–Crippen MR) is 163 cm³/mol. The molecule has 0 bridgehead atoms. The van der Waals surface area contributed by atoms with Crippen LogP contribution in [0.15, 0.2) is 0 Å². The zero-order chi connectivity index (χ0) is 30.8. The van der Waals surface area contributed by atoms with Gasteiger partial charge in [0.25, 0.3) is 3.91 Å². The number of carbonyl (C=O) groups is 5. The lowest BCUT2D eigenvalue weighted by Crippen LogP contribution is -2.60. The molecule has 0 aliphatic rings. The second-order valence-electron chi connectivity index (χ2n) is 11.8. The maximum absolute atomic E-state index is 14.0. The summed E-state index contributed by atoms with van der Waals surface area (Å²) in [6.07, 6.45) is 2.05. The fourth-order valence-corrected chi connectivity index (χ4v) is 4.98. The second kappa shape index (κ2) is 17.0. The third-order valence-corrected chi connectivity index (χ3v) is 7.58. The van der Waals surface area contributed by atoms with Crippen LogP contribution < -0.4 is 5.32 Å². The number of hydrogen-bond acceptors (Lipinski definition) is 5. The lowest BCUT2D eigenvalue weighted by atomic mass is 9.95. The van der Waals surface area contributed by atoms with E-state index in [1.807, 2.05) is 48.5 Å². The van der Waals surface area contributed by atoms with E-state index in [-0.39, 0.29) is 39.4 Å². The summed E-state index contributed by atoms with van der Waals surface area (Å²) in [4.78, 5) is 71.7. The molecule has 0 fully saturated rings. The molecule has 0 aliphatic carbocycles. The highest BCUT2D eigenvalue weighted by Gasteiger charge is 2.40. The van der Waals surface area contributed by atoms with Crippen LogP contribution in [0.4, 0.5) is 4.79 Å². The van der Waals surface area contributed by atoms with Gasteiger partial charge in [-0.25, -0.2) is 0 Å². The van der Waals surface area contributed by atoms with E-state index in [1.165, 1.54) is 19.6 Å². The molecule has 0 radical (unpaired) electrons. The van der Waals surface area contributed by atoms with E-state index < -0.39 is 30.1 Å². The molecule has 226 valence electrons. The highest BCUT2D eigenvalue weighted by Crippen LogP contribution is 2.22. The first-order valence-electron chi connectivity index (χ1n) is 13.9. The van der Waals surface area contributed by atoms with Gasteiger partial charge < -0.3 is 24.9 Å². The number of nitrogens with zero attached hydrogens (tertiary/aromatic N) is 4. The molecule has 0 aromatic heterocycles. The van der Waals surface area contributed by atoms with E-state index in [9.17, 15) is 24.0 Å². The van der Waals surface area contributed by atoms with Crippen molar-refractivity contribution < 1.29 is 24.0 Å². The molecule has 39 heavy (non-hydrogen) atoms. The Bertz CT molecular complexity index is 848. The minimum atomic E-state index is -0.841. The van der Waals surface area contributed by atoms with Gasteiger partial charge >= 0.3 is 0 Å². The number of likely N-dealkylation sites (N-methyl/N-ethyl adjacent to an activating group) is 4. The van der Waals surface area contributed by atoms with Gasteiger partial charge in [0.15, 0.2) is 0 Å². The minimum absolute atomic E-state index is 0.0979. The summed E-state index contributed by atoms with van der Waals surface area (Å²) >= 11 is 1.66. The number of hydrogen-bond donors (Lipinski definition) is 1. The van der Waals surface area contributed by atoms with Crippen molar-refractivity contribution in [2.75, 3.05) is 35.2 Å². The number of nitrogens with one attached hydrogen (secondary N) is 1. The zero-order valence-electron chi connectivity index (χ0n) is 26.1. The van der Waals surface area contributed by atoms with E-state index in [4.69, 9.17) is 0 Å². The van der Waals surface area contributed by atoms with Crippen LogP contribution in [0.3, 0.4) is 0 Å². The van der Waals surface area contributed by atoms with Crippen molar-refractivity contribution in [3.8, 4) is 0 Å². The molecule has 5 amide bonds. The average Bonchev–Trinajstić information content (AvgIpc) is 2.82. The molecule has 4 atom stereocenters. The van der Waals surface area contributed by atoms with Gasteiger partial charge in [-0.15, -0.1) is 0 Å². The van der Waals surface area contributed by atoms with Crippen LogP contribution in [0.2, 0.25) is 0 Å². The van der Waals surface area contributed by atoms with E-state index in [1.54, 1.807) is 57.8 Å². The van der Waals surface area contributed by atoms with E-state index >= 15 is 0 Å². The largest absolute Gasteiger partial charge is 0.347 e. The van der Waals surface area contributed by atoms with Crippen LogP contribution >= 0.6 is 22.6 Å². The third kappa shape index (κ3) is 11.2. The molecule has 1 N–H and O–H groups in total. The first-order chi connectivity index (χ1) is 17.9. The molecular formula is C28H52IN5O5. The Labute approximate surface area is 249 Å². The smallest absolute Gasteiger partial charge is 0.283 e. The summed E-state index contributed by atoms with van der Waals surface area (Å²) in [5.41, 5.74) is 0. The fraction of sp³-hybridized carbons (Fsp3) is 0.821. The SMILES string of the molecule is CCCC(NC(=O)C(CC(C)C)N(C)C(=O)C(C(C)C)N(C)C(=O)C(CC(C)C)N(C)C(=O)I)C(=O)N(C)C. The average molecular weight is 666 g/mol. The van der Waals surface area contributed by atoms with Crippen molar-refractivity contribution in [3.63, 3.8) is 0 Å². The highest BCUT2D eigenvalue weighted by molar-refractivity contribution is 14.1. The summed E-state index contributed by atoms with van der Waals surface area (Å²) < 4.78 is -0.257. The standard InChI is InChI=1S/C28H52IN5O5/c1-13-14-20(25(36)31(8)9)30-24(35)21(15-17(2)3)32(10)27(38)23(19(6)7)34(12)26(37)22(16-18(4)5)33(11)28(29)39/h17-23H,13-16H2,1-12H3,(H,30,35). The van der Waals surface area contributed by atoms with Crippen LogP contribution in [0.1, 0.15) is 74.1 Å². The maximum atomic E-state index is 14.0. The van der Waals surface area contributed by atoms with Gasteiger partial charge in [0.2, 0.25) is 23.6 Å². The van der Waals surface area contributed by atoms with Crippen molar-refractivity contribution in [2.24, 2.45) is 17.8 Å². The summed E-state index contributed by atoms with van der Waals surface area (Å²) in [6, 6.07) is -3.05. The highest BCUT2D eigenvalue weighted by atomic mass is 127. The molecule has 0 aliphatic heterocycles. The Morgan fingerprint density at radius 1 is 0.692 bits per heavy atom. The van der Waals surface area contributed by atoms with Crippen LogP contribution in [0.5, 0.6) is 0 Å². The Hall–Kier alpha value is -1.92. The van der Waals surface area contributed by atoms with Crippen LogP contribution in [-0.2, 0) is 19.2 Å². The lowest BCUT2D eigenvalue weighted by molar-refractivity contribution is -0.151. The number of amides is 5. The van der Waals surface area contributed by atoms with Gasteiger partial charge in [-0.05, 0) is 37.0 Å². The Balaban J connectivity index is 6.24. The molecule has 0 aromatic carbocycles. The summed E-state index contributed by atoms with van der Waals surface area (Å²) in [5, 5.41) is 2.88. The Kier molecular flexibility index (Phi) is 16.2. The van der Waals surface area contributed by atoms with Gasteiger partial charge in [-0.2, -0.15) is 0 Å². The van der Waals surface area contributed by atoms with E-state index in [0.29, 0.717) is 25.7 Å². The molecule has 0 saturated heterocycles. The second-order valence-corrected chi connectivity index (χ2v) is 12.7. The molecule has 0 rings (SSSR count). The van der Waals surface area contributed by atoms with E-state index in [0.717, 1.165) is 0 Å². The van der Waals surface area contributed by atoms with Crippen LogP contribution in [-0.4, -0.2) is 107 Å². The van der Waals surface area contributed by atoms with Gasteiger partial charge in [0, 0.05) is 57.8 Å². The summed E-state index contributed by atoms with van der Waals surface area (Å²) in [5.74, 6) is -1.27. The van der Waals surface area contributed by atoms with Gasteiger partial charge in [0.1, 0.15) is 24.2 Å². The lowest BCUT2D eigenvalue weighted by Gasteiger charge is -2.39. The van der Waals surface area contributed by atoms with Gasteiger partial charge in [-0.1, -0.05) is 54.9 Å². The van der Waals surface area contributed by atoms with Crippen molar-refractivity contribution >= 4 is 50.1 Å². The molecule has 0 heterocycles. The normalized spacial score (nSPS) is 14.5. The number of rotatable bonds is 15. The molecule has 0 aromatic rings. The fourth-order valence-electron chi connectivity index (χ4n) is 4.64. The minimum Gasteiger partial charge on any atom is -0.347 e. The number of carbonyl (C=O) groups excluding carboxylic acids is 5. The van der Waals surface area contributed by atoms with Crippen molar-refractivity contribution in [1.82, 2.24) is 24.9 Å². The van der Waals surface area contributed by atoms with Crippen molar-refractivity contribution in [1.29, 1.82) is 0 Å². The molecule has 0 saturated carbocycles. The monoisotopic (exact) mass is 665 g/mol. The van der Waals surface area contributed by atoms with Crippen molar-refractivity contribution in [3.05, 3.63) is 0 Å². The first-order valence-corrected chi connectivity index (χ1v) is 14.9. The van der Waals surface area contributed by atoms with Gasteiger partial charge in [0.05, 0.1) is 0 Å². The molecule has 11 heteroatoms. The Morgan fingerprint density at radius 2 is 1.18 bits per heavy atom. The molecular weight excluding hydrogens is 613 g/mol. The predicted octanol–water partition coefficient (Wildman–Crippen LogP) is 3.62. The zero-order valence-corrected chi connectivity index (χ0v) is 28.2. The first kappa shape index (κ1) is 37.1. The molecule has 0 spiro atoms. The molecule has 4 unspecified atom stereocenters. The van der Waals surface area contributed by atoms with Gasteiger partial charge in [-0.3, -0.25) is 24.0 Å². The van der Waals surface area contributed by atoms with Crippen LogP contribution in [0, 0.1) is 17.8 Å². The summed E-state index contributed by atoms with van der Waals surface area (Å²) in [6.45, 7) is 13.6. The van der Waals surface area contributed by atoms with E-state index in [2.05, 4.69) is 5.32 Å². The quantitative estimate of drug-likeness (QED) is 0.163. The van der Waals surface area contributed by atoms with Crippen molar-refractivity contribution in [2.45, 2.75) is 98.3 Å².